The molecule has 0 aromatic heterocycles. The molecule has 2 fully saturated rings. The lowest BCUT2D eigenvalue weighted by molar-refractivity contribution is 0.188. The lowest BCUT2D eigenvalue weighted by atomic mass is 10.0. The molecular weight excluding hydrogens is 406 g/mol. The summed E-state index contributed by atoms with van der Waals surface area (Å²) in [7, 11) is 0. The van der Waals surface area contributed by atoms with Gasteiger partial charge >= 0.3 is 6.03 Å². The van der Waals surface area contributed by atoms with E-state index in [1.165, 1.54) is 122 Å². The van der Waals surface area contributed by atoms with Gasteiger partial charge in [-0.25, -0.2) is 4.79 Å². The zero-order chi connectivity index (χ0) is 23.4. The van der Waals surface area contributed by atoms with Crippen LogP contribution in [0.1, 0.15) is 148 Å². The van der Waals surface area contributed by atoms with Gasteiger partial charge in [0.25, 0.3) is 0 Å². The summed E-state index contributed by atoms with van der Waals surface area (Å²) in [5, 5.41) is 6.49. The summed E-state index contributed by atoms with van der Waals surface area (Å²) in [4.78, 5) is 15.0. The van der Waals surface area contributed by atoms with E-state index >= 15 is 0 Å². The number of piperidine rings is 1. The molecule has 194 valence electrons. The minimum absolute atomic E-state index is 0.0762. The van der Waals surface area contributed by atoms with E-state index in [9.17, 15) is 4.79 Å². The number of urea groups is 1. The van der Waals surface area contributed by atoms with Gasteiger partial charge in [0.1, 0.15) is 0 Å². The zero-order valence-corrected chi connectivity index (χ0v) is 22.2. The highest BCUT2D eigenvalue weighted by atomic mass is 16.2. The van der Waals surface area contributed by atoms with Gasteiger partial charge in [-0.15, -0.1) is 0 Å². The van der Waals surface area contributed by atoms with E-state index in [1.807, 2.05) is 0 Å². The fourth-order valence-corrected chi connectivity index (χ4v) is 5.67. The minimum atomic E-state index is 0.0762. The molecule has 33 heavy (non-hydrogen) atoms. The second kappa shape index (κ2) is 19.5. The standard InChI is InChI=1S/C29H57N3O/c1-2-3-4-5-6-7-8-9-10-11-12-13-16-19-24-32-25-22-28(23-26-32)31-29(33)30-27-20-17-14-15-18-21-27/h27-28H,2-26H2,1H3,(H2,30,31,33). The first-order chi connectivity index (χ1) is 16.3. The third-order valence-electron chi connectivity index (χ3n) is 7.94. The number of likely N-dealkylation sites (tertiary alicyclic amines) is 1. The number of hydrogen-bond donors (Lipinski definition) is 2. The maximum atomic E-state index is 12.4. The minimum Gasteiger partial charge on any atom is -0.335 e. The van der Waals surface area contributed by atoms with Crippen LogP contribution in [0.2, 0.25) is 0 Å². The average Bonchev–Trinajstić information content (AvgIpc) is 3.09. The Labute approximate surface area is 206 Å². The Morgan fingerprint density at radius 1 is 0.606 bits per heavy atom. The Balaban J connectivity index is 1.35. The van der Waals surface area contributed by atoms with Crippen LogP contribution >= 0.6 is 0 Å². The highest BCUT2D eigenvalue weighted by molar-refractivity contribution is 5.74. The van der Waals surface area contributed by atoms with Crippen molar-refractivity contribution >= 4 is 6.03 Å². The summed E-state index contributed by atoms with van der Waals surface area (Å²) in [6, 6.07) is 0.837. The van der Waals surface area contributed by atoms with Crippen molar-refractivity contribution in [3.63, 3.8) is 0 Å². The summed E-state index contributed by atoms with van der Waals surface area (Å²) in [6.45, 7) is 5.83. The molecule has 4 heteroatoms. The molecule has 4 nitrogen and oxygen atoms in total. The number of rotatable bonds is 17. The van der Waals surface area contributed by atoms with Crippen LogP contribution in [0.5, 0.6) is 0 Å². The van der Waals surface area contributed by atoms with Crippen LogP contribution in [0.25, 0.3) is 0 Å². The molecule has 1 heterocycles. The number of nitrogens with one attached hydrogen (secondary N) is 2. The molecule has 0 unspecified atom stereocenters. The fourth-order valence-electron chi connectivity index (χ4n) is 5.67. The molecule has 0 aromatic carbocycles. The van der Waals surface area contributed by atoms with Gasteiger partial charge in [0.15, 0.2) is 0 Å². The lowest BCUT2D eigenvalue weighted by Crippen LogP contribution is -2.50. The largest absolute Gasteiger partial charge is 0.335 e. The molecule has 1 aliphatic carbocycles. The number of amides is 2. The predicted octanol–water partition coefficient (Wildman–Crippen LogP) is 7.95. The number of carbonyl (C=O) groups excluding carboxylic acids is 1. The highest BCUT2D eigenvalue weighted by Crippen LogP contribution is 2.18. The summed E-state index contributed by atoms with van der Waals surface area (Å²) in [6.07, 6.45) is 29.7. The van der Waals surface area contributed by atoms with Crippen LogP contribution < -0.4 is 10.6 Å². The Morgan fingerprint density at radius 3 is 1.52 bits per heavy atom. The molecule has 2 amide bonds. The Bertz CT molecular complexity index is 454. The topological polar surface area (TPSA) is 44.4 Å². The summed E-state index contributed by atoms with van der Waals surface area (Å²) >= 11 is 0. The molecule has 2 aliphatic rings. The van der Waals surface area contributed by atoms with E-state index in [1.54, 1.807) is 0 Å². The third-order valence-corrected chi connectivity index (χ3v) is 7.94. The molecule has 1 saturated heterocycles. The van der Waals surface area contributed by atoms with Gasteiger partial charge in [0.2, 0.25) is 0 Å². The summed E-state index contributed by atoms with van der Waals surface area (Å²) < 4.78 is 0. The van der Waals surface area contributed by atoms with Crippen LogP contribution in [-0.4, -0.2) is 42.6 Å². The van der Waals surface area contributed by atoms with Crippen molar-refractivity contribution < 1.29 is 4.79 Å². The number of carbonyl (C=O) groups is 1. The predicted molar refractivity (Wildman–Crippen MR) is 143 cm³/mol. The molecule has 0 spiro atoms. The second-order valence-corrected chi connectivity index (χ2v) is 11.0. The van der Waals surface area contributed by atoms with E-state index in [2.05, 4.69) is 22.5 Å². The lowest BCUT2D eigenvalue weighted by Gasteiger charge is -2.32. The quantitative estimate of drug-likeness (QED) is 0.170. The van der Waals surface area contributed by atoms with E-state index in [-0.39, 0.29) is 6.03 Å². The van der Waals surface area contributed by atoms with Crippen molar-refractivity contribution in [2.45, 2.75) is 160 Å². The summed E-state index contributed by atoms with van der Waals surface area (Å²) in [5.74, 6) is 0. The number of unbranched alkanes of at least 4 members (excludes halogenated alkanes) is 13. The average molecular weight is 464 g/mol. The van der Waals surface area contributed by atoms with Crippen molar-refractivity contribution in [3.05, 3.63) is 0 Å². The van der Waals surface area contributed by atoms with Crippen LogP contribution in [0.4, 0.5) is 4.79 Å². The van der Waals surface area contributed by atoms with Gasteiger partial charge in [-0.05, 0) is 38.6 Å². The normalized spacial score (nSPS) is 18.8. The maximum Gasteiger partial charge on any atom is 0.315 e. The third kappa shape index (κ3) is 15.0. The van der Waals surface area contributed by atoms with Gasteiger partial charge in [0.05, 0.1) is 0 Å². The summed E-state index contributed by atoms with van der Waals surface area (Å²) in [5.41, 5.74) is 0. The van der Waals surface area contributed by atoms with Crippen molar-refractivity contribution in [1.29, 1.82) is 0 Å². The second-order valence-electron chi connectivity index (χ2n) is 11.0. The molecule has 0 radical (unpaired) electrons. The molecule has 1 aliphatic heterocycles. The molecular formula is C29H57N3O. The first-order valence-corrected chi connectivity index (χ1v) is 15.1. The van der Waals surface area contributed by atoms with Crippen molar-refractivity contribution in [2.24, 2.45) is 0 Å². The van der Waals surface area contributed by atoms with E-state index in [0.717, 1.165) is 38.8 Å². The van der Waals surface area contributed by atoms with Gasteiger partial charge in [-0.3, -0.25) is 0 Å². The molecule has 0 bridgehead atoms. The molecule has 2 N–H and O–H groups in total. The Morgan fingerprint density at radius 2 is 1.03 bits per heavy atom. The van der Waals surface area contributed by atoms with Gasteiger partial charge < -0.3 is 15.5 Å². The Kier molecular flexibility index (Phi) is 16.8. The zero-order valence-electron chi connectivity index (χ0n) is 22.2. The van der Waals surface area contributed by atoms with Crippen molar-refractivity contribution in [1.82, 2.24) is 15.5 Å². The van der Waals surface area contributed by atoms with Crippen LogP contribution in [0.3, 0.4) is 0 Å². The molecule has 0 atom stereocenters. The number of hydrogen-bond acceptors (Lipinski definition) is 2. The fraction of sp³-hybridized carbons (Fsp3) is 0.966. The van der Waals surface area contributed by atoms with E-state index in [0.29, 0.717) is 12.1 Å². The van der Waals surface area contributed by atoms with Crippen LogP contribution in [-0.2, 0) is 0 Å². The van der Waals surface area contributed by atoms with Gasteiger partial charge in [-0.2, -0.15) is 0 Å². The first-order valence-electron chi connectivity index (χ1n) is 15.1. The maximum absolute atomic E-state index is 12.4. The van der Waals surface area contributed by atoms with Crippen LogP contribution in [0, 0.1) is 0 Å². The molecule has 2 rings (SSSR count). The van der Waals surface area contributed by atoms with E-state index < -0.39 is 0 Å². The van der Waals surface area contributed by atoms with Crippen LogP contribution in [0.15, 0.2) is 0 Å². The highest BCUT2D eigenvalue weighted by Gasteiger charge is 2.21. The van der Waals surface area contributed by atoms with Gasteiger partial charge in [0, 0.05) is 25.2 Å². The van der Waals surface area contributed by atoms with E-state index in [4.69, 9.17) is 0 Å². The van der Waals surface area contributed by atoms with Crippen molar-refractivity contribution in [3.8, 4) is 0 Å². The molecule has 1 saturated carbocycles. The Hall–Kier alpha value is -0.770. The van der Waals surface area contributed by atoms with Crippen molar-refractivity contribution in [2.75, 3.05) is 19.6 Å². The molecule has 0 aromatic rings. The van der Waals surface area contributed by atoms with Gasteiger partial charge in [-0.1, -0.05) is 116 Å². The first kappa shape index (κ1) is 28.5. The SMILES string of the molecule is CCCCCCCCCCCCCCCCN1CCC(NC(=O)NC2CCCCCC2)CC1. The number of nitrogens with zero attached hydrogens (tertiary/aromatic N) is 1. The monoisotopic (exact) mass is 463 g/mol. The smallest absolute Gasteiger partial charge is 0.315 e.